The Labute approximate surface area is 111 Å². The van der Waals surface area contributed by atoms with Crippen LogP contribution in [-0.2, 0) is 4.74 Å². The molecule has 98 valence electrons. The van der Waals surface area contributed by atoms with Crippen LogP contribution in [0.2, 0.25) is 0 Å². The summed E-state index contributed by atoms with van der Waals surface area (Å²) in [6, 6.07) is 9.54. The lowest BCUT2D eigenvalue weighted by Crippen LogP contribution is -2.36. The summed E-state index contributed by atoms with van der Waals surface area (Å²) in [4.78, 5) is 17.9. The minimum Gasteiger partial charge on any atom is -0.378 e. The molecule has 19 heavy (non-hydrogen) atoms. The van der Waals surface area contributed by atoms with E-state index in [1.165, 1.54) is 0 Å². The molecule has 5 heteroatoms. The Kier molecular flexibility index (Phi) is 3.05. The van der Waals surface area contributed by atoms with Gasteiger partial charge in [0, 0.05) is 18.5 Å². The highest BCUT2D eigenvalue weighted by Gasteiger charge is 2.15. The number of ether oxygens (including phenoxy) is 1. The molecule has 0 radical (unpaired) electrons. The molecule has 2 N–H and O–H groups in total. The molecule has 1 aliphatic rings. The molecule has 0 aliphatic carbocycles. The van der Waals surface area contributed by atoms with Crippen molar-refractivity contribution in [1.29, 1.82) is 0 Å². The molecule has 1 aliphatic heterocycles. The zero-order valence-electron chi connectivity index (χ0n) is 10.5. The summed E-state index contributed by atoms with van der Waals surface area (Å²) in [5, 5.41) is 1.01. The van der Waals surface area contributed by atoms with E-state index in [2.05, 4.69) is 9.88 Å². The van der Waals surface area contributed by atoms with E-state index in [1.807, 2.05) is 24.3 Å². The molecule has 1 aromatic heterocycles. The first-order valence-electron chi connectivity index (χ1n) is 6.28. The van der Waals surface area contributed by atoms with E-state index >= 15 is 0 Å². The summed E-state index contributed by atoms with van der Waals surface area (Å²) in [5.41, 5.74) is 7.45. The molecule has 0 saturated carbocycles. The minimum atomic E-state index is -0.501. The molecule has 0 bridgehead atoms. The standard InChI is InChI=1S/C14H15N3O2/c15-14(18)11-5-4-10-2-1-3-12(13(10)16-11)17-6-8-19-9-7-17/h1-5H,6-9H2,(H2,15,18). The van der Waals surface area contributed by atoms with Gasteiger partial charge in [0.05, 0.1) is 24.4 Å². The van der Waals surface area contributed by atoms with E-state index in [0.717, 1.165) is 29.7 Å². The monoisotopic (exact) mass is 257 g/mol. The topological polar surface area (TPSA) is 68.5 Å². The van der Waals surface area contributed by atoms with Gasteiger partial charge in [0.2, 0.25) is 0 Å². The van der Waals surface area contributed by atoms with Gasteiger partial charge in [0.25, 0.3) is 5.91 Å². The number of benzene rings is 1. The second-order valence-corrected chi connectivity index (χ2v) is 4.51. The molecule has 0 atom stereocenters. The average molecular weight is 257 g/mol. The number of morpholine rings is 1. The van der Waals surface area contributed by atoms with Crippen molar-refractivity contribution < 1.29 is 9.53 Å². The SMILES string of the molecule is NC(=O)c1ccc2cccc(N3CCOCC3)c2n1. The number of hydrogen-bond acceptors (Lipinski definition) is 4. The number of carbonyl (C=O) groups excluding carboxylic acids is 1. The Morgan fingerprint density at radius 1 is 1.21 bits per heavy atom. The molecule has 3 rings (SSSR count). The van der Waals surface area contributed by atoms with Gasteiger partial charge in [-0.1, -0.05) is 18.2 Å². The molecular weight excluding hydrogens is 242 g/mol. The predicted octanol–water partition coefficient (Wildman–Crippen LogP) is 1.17. The lowest BCUT2D eigenvalue weighted by Gasteiger charge is -2.29. The number of carbonyl (C=O) groups is 1. The first-order valence-corrected chi connectivity index (χ1v) is 6.28. The third-order valence-electron chi connectivity index (χ3n) is 3.30. The van der Waals surface area contributed by atoms with Gasteiger partial charge in [-0.2, -0.15) is 0 Å². The van der Waals surface area contributed by atoms with Gasteiger partial charge in [-0.25, -0.2) is 4.98 Å². The van der Waals surface area contributed by atoms with Crippen molar-refractivity contribution in [3.63, 3.8) is 0 Å². The molecule has 1 amide bonds. The molecule has 0 unspecified atom stereocenters. The average Bonchev–Trinajstić information content (AvgIpc) is 2.47. The van der Waals surface area contributed by atoms with Gasteiger partial charge in [-0.3, -0.25) is 4.79 Å². The summed E-state index contributed by atoms with van der Waals surface area (Å²) in [6.07, 6.45) is 0. The predicted molar refractivity (Wildman–Crippen MR) is 73.3 cm³/mol. The third-order valence-corrected chi connectivity index (χ3v) is 3.30. The van der Waals surface area contributed by atoms with Crippen LogP contribution in [0.5, 0.6) is 0 Å². The molecule has 1 fully saturated rings. The summed E-state index contributed by atoms with van der Waals surface area (Å²) in [7, 11) is 0. The summed E-state index contributed by atoms with van der Waals surface area (Å²) in [6.45, 7) is 3.10. The van der Waals surface area contributed by atoms with Gasteiger partial charge >= 0.3 is 0 Å². The molecule has 2 aromatic rings. The number of rotatable bonds is 2. The fraction of sp³-hybridized carbons (Fsp3) is 0.286. The number of pyridine rings is 1. The van der Waals surface area contributed by atoms with Crippen LogP contribution in [0.25, 0.3) is 10.9 Å². The highest BCUT2D eigenvalue weighted by Crippen LogP contribution is 2.26. The van der Waals surface area contributed by atoms with E-state index in [4.69, 9.17) is 10.5 Å². The van der Waals surface area contributed by atoms with E-state index in [9.17, 15) is 4.79 Å². The van der Waals surface area contributed by atoms with Crippen LogP contribution in [0.15, 0.2) is 30.3 Å². The van der Waals surface area contributed by atoms with Crippen LogP contribution in [0, 0.1) is 0 Å². The van der Waals surface area contributed by atoms with Gasteiger partial charge in [0.15, 0.2) is 0 Å². The van der Waals surface area contributed by atoms with E-state index in [1.54, 1.807) is 6.07 Å². The zero-order chi connectivity index (χ0) is 13.2. The second kappa shape index (κ2) is 4.85. The normalized spacial score (nSPS) is 15.7. The number of para-hydroxylation sites is 1. The number of hydrogen-bond donors (Lipinski definition) is 1. The van der Waals surface area contributed by atoms with Gasteiger partial charge in [-0.05, 0) is 12.1 Å². The molecule has 2 heterocycles. The van der Waals surface area contributed by atoms with Crippen LogP contribution in [0.3, 0.4) is 0 Å². The van der Waals surface area contributed by atoms with Crippen LogP contribution < -0.4 is 10.6 Å². The van der Waals surface area contributed by atoms with E-state index in [0.29, 0.717) is 18.9 Å². The maximum atomic E-state index is 11.3. The molecular formula is C14H15N3O2. The Morgan fingerprint density at radius 3 is 2.74 bits per heavy atom. The summed E-state index contributed by atoms with van der Waals surface area (Å²) < 4.78 is 5.36. The molecule has 1 aromatic carbocycles. The minimum absolute atomic E-state index is 0.299. The number of anilines is 1. The highest BCUT2D eigenvalue weighted by atomic mass is 16.5. The van der Waals surface area contributed by atoms with Crippen molar-refractivity contribution in [2.45, 2.75) is 0 Å². The van der Waals surface area contributed by atoms with Gasteiger partial charge in [-0.15, -0.1) is 0 Å². The number of primary amides is 1. The lowest BCUT2D eigenvalue weighted by molar-refractivity contribution is 0.0996. The Balaban J connectivity index is 2.11. The second-order valence-electron chi connectivity index (χ2n) is 4.51. The van der Waals surface area contributed by atoms with Crippen LogP contribution in [0.1, 0.15) is 10.5 Å². The smallest absolute Gasteiger partial charge is 0.267 e. The van der Waals surface area contributed by atoms with Crippen LogP contribution >= 0.6 is 0 Å². The number of nitrogens with two attached hydrogens (primary N) is 1. The van der Waals surface area contributed by atoms with Crippen LogP contribution in [-0.4, -0.2) is 37.2 Å². The Bertz CT molecular complexity index is 621. The van der Waals surface area contributed by atoms with Crippen molar-refractivity contribution in [3.05, 3.63) is 36.0 Å². The number of aromatic nitrogens is 1. The largest absolute Gasteiger partial charge is 0.378 e. The maximum Gasteiger partial charge on any atom is 0.267 e. The van der Waals surface area contributed by atoms with Crippen molar-refractivity contribution in [1.82, 2.24) is 4.98 Å². The Hall–Kier alpha value is -2.14. The molecule has 1 saturated heterocycles. The first-order chi connectivity index (χ1) is 9.25. The summed E-state index contributed by atoms with van der Waals surface area (Å²) in [5.74, 6) is -0.501. The number of fused-ring (bicyclic) bond motifs is 1. The lowest BCUT2D eigenvalue weighted by atomic mass is 10.1. The van der Waals surface area contributed by atoms with Crippen LogP contribution in [0.4, 0.5) is 5.69 Å². The fourth-order valence-corrected chi connectivity index (χ4v) is 2.33. The Morgan fingerprint density at radius 2 is 2.00 bits per heavy atom. The maximum absolute atomic E-state index is 11.3. The summed E-state index contributed by atoms with van der Waals surface area (Å²) >= 11 is 0. The molecule has 5 nitrogen and oxygen atoms in total. The first kappa shape index (κ1) is 11.9. The number of nitrogens with zero attached hydrogens (tertiary/aromatic N) is 2. The van der Waals surface area contributed by atoms with E-state index < -0.39 is 5.91 Å². The van der Waals surface area contributed by atoms with Crippen molar-refractivity contribution >= 4 is 22.5 Å². The van der Waals surface area contributed by atoms with Crippen molar-refractivity contribution in [2.24, 2.45) is 5.73 Å². The highest BCUT2D eigenvalue weighted by molar-refractivity contribution is 5.97. The van der Waals surface area contributed by atoms with Gasteiger partial charge in [0.1, 0.15) is 5.69 Å². The van der Waals surface area contributed by atoms with Crippen molar-refractivity contribution in [2.75, 3.05) is 31.2 Å². The van der Waals surface area contributed by atoms with Gasteiger partial charge < -0.3 is 15.4 Å². The molecule has 0 spiro atoms. The van der Waals surface area contributed by atoms with Crippen molar-refractivity contribution in [3.8, 4) is 0 Å². The fourth-order valence-electron chi connectivity index (χ4n) is 2.33. The van der Waals surface area contributed by atoms with E-state index in [-0.39, 0.29) is 0 Å². The third kappa shape index (κ3) is 2.24. The quantitative estimate of drug-likeness (QED) is 0.877. The zero-order valence-corrected chi connectivity index (χ0v) is 10.5. The number of amides is 1.